The van der Waals surface area contributed by atoms with E-state index in [2.05, 4.69) is 4.98 Å². The average Bonchev–Trinajstić information content (AvgIpc) is 3.28. The molecule has 1 aliphatic heterocycles. The number of benzene rings is 1. The van der Waals surface area contributed by atoms with Crippen LogP contribution in [-0.2, 0) is 0 Å². The van der Waals surface area contributed by atoms with Gasteiger partial charge in [0.2, 0.25) is 0 Å². The quantitative estimate of drug-likeness (QED) is 0.840. The number of nitrogens with zero attached hydrogens (tertiary/aromatic N) is 2. The van der Waals surface area contributed by atoms with Gasteiger partial charge in [0.1, 0.15) is 18.1 Å². The van der Waals surface area contributed by atoms with E-state index in [9.17, 15) is 4.79 Å². The van der Waals surface area contributed by atoms with Crippen molar-refractivity contribution in [2.24, 2.45) is 5.92 Å². The van der Waals surface area contributed by atoms with Gasteiger partial charge in [0.05, 0.1) is 18.7 Å². The van der Waals surface area contributed by atoms with Crippen LogP contribution in [0.5, 0.6) is 11.5 Å². The minimum absolute atomic E-state index is 0.0690. The molecule has 25 heavy (non-hydrogen) atoms. The number of methoxy groups -OCH3 is 1. The first-order chi connectivity index (χ1) is 12.3. The molecule has 130 valence electrons. The molecule has 1 amide bonds. The SMILES string of the molecule is COc1cccc(OC[C@H]2[C@@H]3CC[C@H](C3)N2C(=O)c2cccnc2)c1. The lowest BCUT2D eigenvalue weighted by molar-refractivity contribution is 0.0505. The first-order valence-corrected chi connectivity index (χ1v) is 8.76. The summed E-state index contributed by atoms with van der Waals surface area (Å²) in [6.45, 7) is 0.514. The molecule has 1 saturated heterocycles. The van der Waals surface area contributed by atoms with Gasteiger partial charge in [0.15, 0.2) is 0 Å². The van der Waals surface area contributed by atoms with Crippen molar-refractivity contribution in [2.75, 3.05) is 13.7 Å². The Hall–Kier alpha value is -2.56. The molecule has 0 radical (unpaired) electrons. The molecule has 1 aromatic heterocycles. The summed E-state index contributed by atoms with van der Waals surface area (Å²) >= 11 is 0. The third kappa shape index (κ3) is 3.06. The van der Waals surface area contributed by atoms with Crippen molar-refractivity contribution in [1.29, 1.82) is 0 Å². The third-order valence-electron chi connectivity index (χ3n) is 5.35. The summed E-state index contributed by atoms with van der Waals surface area (Å²) in [5.41, 5.74) is 0.654. The van der Waals surface area contributed by atoms with Crippen molar-refractivity contribution >= 4 is 5.91 Å². The third-order valence-corrected chi connectivity index (χ3v) is 5.35. The number of likely N-dealkylation sites (tertiary alicyclic amines) is 1. The second-order valence-corrected chi connectivity index (χ2v) is 6.74. The van der Waals surface area contributed by atoms with Crippen LogP contribution in [0, 0.1) is 5.92 Å². The Kier molecular flexibility index (Phi) is 4.30. The van der Waals surface area contributed by atoms with Gasteiger partial charge in [0, 0.05) is 24.5 Å². The zero-order valence-electron chi connectivity index (χ0n) is 14.3. The molecule has 1 saturated carbocycles. The number of carbonyl (C=O) groups excluding carboxylic acids is 1. The molecule has 2 aliphatic rings. The number of fused-ring (bicyclic) bond motifs is 2. The van der Waals surface area contributed by atoms with E-state index in [0.717, 1.165) is 24.3 Å². The predicted molar refractivity (Wildman–Crippen MR) is 93.8 cm³/mol. The normalized spacial score (nSPS) is 24.4. The number of aromatic nitrogens is 1. The molecule has 2 heterocycles. The molecule has 5 nitrogen and oxygen atoms in total. The predicted octanol–water partition coefficient (Wildman–Crippen LogP) is 3.16. The summed E-state index contributed by atoms with van der Waals surface area (Å²) in [7, 11) is 1.64. The molecule has 0 unspecified atom stereocenters. The van der Waals surface area contributed by atoms with Gasteiger partial charge >= 0.3 is 0 Å². The molecule has 3 atom stereocenters. The maximum atomic E-state index is 13.0. The van der Waals surface area contributed by atoms with E-state index in [-0.39, 0.29) is 11.9 Å². The van der Waals surface area contributed by atoms with Crippen LogP contribution in [0.3, 0.4) is 0 Å². The summed E-state index contributed by atoms with van der Waals surface area (Å²) < 4.78 is 11.3. The average molecular weight is 338 g/mol. The number of hydrogen-bond donors (Lipinski definition) is 0. The Labute approximate surface area is 147 Å². The molecule has 5 heteroatoms. The van der Waals surface area contributed by atoms with E-state index < -0.39 is 0 Å². The van der Waals surface area contributed by atoms with Crippen LogP contribution < -0.4 is 9.47 Å². The van der Waals surface area contributed by atoms with E-state index in [4.69, 9.17) is 9.47 Å². The molecule has 4 rings (SSSR count). The maximum Gasteiger partial charge on any atom is 0.256 e. The highest BCUT2D eigenvalue weighted by atomic mass is 16.5. The minimum atomic E-state index is 0.0690. The van der Waals surface area contributed by atoms with Crippen molar-refractivity contribution in [3.63, 3.8) is 0 Å². The van der Waals surface area contributed by atoms with Crippen molar-refractivity contribution in [1.82, 2.24) is 9.88 Å². The van der Waals surface area contributed by atoms with Crippen LogP contribution in [0.1, 0.15) is 29.6 Å². The van der Waals surface area contributed by atoms with Gasteiger partial charge in [-0.1, -0.05) is 6.07 Å². The molecule has 0 spiro atoms. The van der Waals surface area contributed by atoms with Gasteiger partial charge in [-0.25, -0.2) is 0 Å². The Balaban J connectivity index is 1.50. The monoisotopic (exact) mass is 338 g/mol. The van der Waals surface area contributed by atoms with Crippen LogP contribution in [0.15, 0.2) is 48.8 Å². The lowest BCUT2D eigenvalue weighted by Gasteiger charge is -2.35. The van der Waals surface area contributed by atoms with E-state index in [1.165, 1.54) is 6.42 Å². The zero-order chi connectivity index (χ0) is 17.2. The van der Waals surface area contributed by atoms with Gasteiger partial charge < -0.3 is 14.4 Å². The van der Waals surface area contributed by atoms with Gasteiger partial charge in [0.25, 0.3) is 5.91 Å². The molecule has 2 aromatic rings. The highest BCUT2D eigenvalue weighted by molar-refractivity contribution is 5.94. The highest BCUT2D eigenvalue weighted by Crippen LogP contribution is 2.43. The van der Waals surface area contributed by atoms with Crippen molar-refractivity contribution in [3.05, 3.63) is 54.4 Å². The first kappa shape index (κ1) is 15.9. The number of hydrogen-bond acceptors (Lipinski definition) is 4. The van der Waals surface area contributed by atoms with Crippen LogP contribution in [0.2, 0.25) is 0 Å². The van der Waals surface area contributed by atoms with Crippen LogP contribution in [-0.4, -0.2) is 41.6 Å². The van der Waals surface area contributed by atoms with Crippen LogP contribution >= 0.6 is 0 Å². The number of pyridine rings is 1. The molecular formula is C20H22N2O3. The molecule has 2 bridgehead atoms. The Bertz CT molecular complexity index is 750. The number of piperidine rings is 1. The van der Waals surface area contributed by atoms with Gasteiger partial charge in [-0.2, -0.15) is 0 Å². The zero-order valence-corrected chi connectivity index (χ0v) is 14.3. The van der Waals surface area contributed by atoms with Crippen LogP contribution in [0.25, 0.3) is 0 Å². The Morgan fingerprint density at radius 1 is 1.24 bits per heavy atom. The first-order valence-electron chi connectivity index (χ1n) is 8.76. The van der Waals surface area contributed by atoms with Crippen molar-refractivity contribution in [3.8, 4) is 11.5 Å². The summed E-state index contributed by atoms with van der Waals surface area (Å²) in [6, 6.07) is 11.7. The fraction of sp³-hybridized carbons (Fsp3) is 0.400. The summed E-state index contributed by atoms with van der Waals surface area (Å²) in [4.78, 5) is 19.1. The van der Waals surface area contributed by atoms with Gasteiger partial charge in [-0.3, -0.25) is 9.78 Å². The highest BCUT2D eigenvalue weighted by Gasteiger charge is 2.48. The summed E-state index contributed by atoms with van der Waals surface area (Å²) in [6.07, 6.45) is 6.68. The minimum Gasteiger partial charge on any atom is -0.497 e. The second kappa shape index (κ2) is 6.75. The molecule has 1 aliphatic carbocycles. The van der Waals surface area contributed by atoms with Gasteiger partial charge in [-0.05, 0) is 49.4 Å². The van der Waals surface area contributed by atoms with E-state index >= 15 is 0 Å². The lowest BCUT2D eigenvalue weighted by Crippen LogP contribution is -2.47. The van der Waals surface area contributed by atoms with Gasteiger partial charge in [-0.15, -0.1) is 0 Å². The number of ether oxygens (including phenoxy) is 2. The number of rotatable bonds is 5. The fourth-order valence-electron chi connectivity index (χ4n) is 4.14. The van der Waals surface area contributed by atoms with E-state index in [1.807, 2.05) is 41.3 Å². The second-order valence-electron chi connectivity index (χ2n) is 6.74. The smallest absolute Gasteiger partial charge is 0.256 e. The summed E-state index contributed by atoms with van der Waals surface area (Å²) in [5.74, 6) is 2.14. The van der Waals surface area contributed by atoms with E-state index in [0.29, 0.717) is 24.1 Å². The summed E-state index contributed by atoms with van der Waals surface area (Å²) in [5, 5.41) is 0. The largest absolute Gasteiger partial charge is 0.497 e. The maximum absolute atomic E-state index is 13.0. The molecule has 2 fully saturated rings. The van der Waals surface area contributed by atoms with Crippen LogP contribution in [0.4, 0.5) is 0 Å². The number of amides is 1. The van der Waals surface area contributed by atoms with E-state index in [1.54, 1.807) is 19.5 Å². The topological polar surface area (TPSA) is 51.7 Å². The fourth-order valence-corrected chi connectivity index (χ4v) is 4.14. The molecule has 0 N–H and O–H groups in total. The molecule has 1 aromatic carbocycles. The number of carbonyl (C=O) groups is 1. The Morgan fingerprint density at radius 3 is 2.92 bits per heavy atom. The van der Waals surface area contributed by atoms with Crippen molar-refractivity contribution in [2.45, 2.75) is 31.3 Å². The molecular weight excluding hydrogens is 316 g/mol. The Morgan fingerprint density at radius 2 is 2.12 bits per heavy atom. The lowest BCUT2D eigenvalue weighted by atomic mass is 9.99. The van der Waals surface area contributed by atoms with Crippen molar-refractivity contribution < 1.29 is 14.3 Å². The standard InChI is InChI=1S/C20H22N2O3/c1-24-17-5-2-6-18(11-17)25-13-19-14-7-8-16(10-14)22(19)20(23)15-4-3-9-21-12-15/h2-6,9,11-12,14,16,19H,7-8,10,13H2,1H3/t14-,16-,19+/m1/s1.